The molecule has 2 heteroatoms. The Labute approximate surface area is 96.1 Å². The second-order valence-corrected chi connectivity index (χ2v) is 5.37. The number of hydrogen-bond acceptors (Lipinski definition) is 2. The lowest BCUT2D eigenvalue weighted by molar-refractivity contribution is 0.0950. The van der Waals surface area contributed by atoms with Gasteiger partial charge in [0, 0.05) is 12.1 Å². The van der Waals surface area contributed by atoms with E-state index >= 15 is 0 Å². The topological polar surface area (TPSA) is 29.1 Å². The van der Waals surface area contributed by atoms with E-state index in [0.717, 1.165) is 24.1 Å². The third-order valence-corrected chi connectivity index (χ3v) is 3.94. The lowest BCUT2D eigenvalue weighted by atomic mass is 9.96. The summed E-state index contributed by atoms with van der Waals surface area (Å²) in [5, 5.41) is 3.38. The van der Waals surface area contributed by atoms with Crippen LogP contribution < -0.4 is 5.32 Å². The van der Waals surface area contributed by atoms with Crippen LogP contribution in [-0.2, 0) is 0 Å². The number of ketones is 1. The van der Waals surface area contributed by atoms with Crippen LogP contribution in [0.5, 0.6) is 0 Å². The lowest BCUT2D eigenvalue weighted by Gasteiger charge is -2.09. The predicted molar refractivity (Wildman–Crippen MR) is 63.6 cm³/mol. The van der Waals surface area contributed by atoms with E-state index in [1.807, 2.05) is 31.2 Å². The molecule has 0 radical (unpaired) electrons. The number of Topliss-reactive ketones (excluding diaryl/α,β-unsaturated/α-hetero) is 1. The van der Waals surface area contributed by atoms with Gasteiger partial charge in [-0.2, -0.15) is 0 Å². The number of hydrogen-bond donors (Lipinski definition) is 1. The molecule has 2 aliphatic rings. The van der Waals surface area contributed by atoms with E-state index in [9.17, 15) is 4.79 Å². The van der Waals surface area contributed by atoms with Gasteiger partial charge in [-0.15, -0.1) is 0 Å². The van der Waals surface area contributed by atoms with Gasteiger partial charge < -0.3 is 5.32 Å². The molecular weight excluding hydrogens is 198 g/mol. The fraction of sp³-hybridized carbons (Fsp3) is 0.500. The Morgan fingerprint density at radius 2 is 2.25 bits per heavy atom. The average molecular weight is 215 g/mol. The van der Waals surface area contributed by atoms with Crippen LogP contribution in [0.2, 0.25) is 0 Å². The molecule has 1 aliphatic heterocycles. The van der Waals surface area contributed by atoms with Crippen molar-refractivity contribution in [2.24, 2.45) is 5.41 Å². The smallest absolute Gasteiger partial charge is 0.179 e. The molecule has 2 fully saturated rings. The Balaban J connectivity index is 1.78. The van der Waals surface area contributed by atoms with Crippen molar-refractivity contribution < 1.29 is 4.79 Å². The summed E-state index contributed by atoms with van der Waals surface area (Å²) in [6, 6.07) is 7.96. The monoisotopic (exact) mass is 215 g/mol. The average Bonchev–Trinajstić information content (AvgIpc) is 2.88. The minimum absolute atomic E-state index is 0.0595. The summed E-state index contributed by atoms with van der Waals surface area (Å²) in [6.07, 6.45) is 3.65. The van der Waals surface area contributed by atoms with Crippen molar-refractivity contribution in [1.29, 1.82) is 0 Å². The van der Waals surface area contributed by atoms with Gasteiger partial charge in [-0.25, -0.2) is 0 Å². The van der Waals surface area contributed by atoms with E-state index < -0.39 is 0 Å². The summed E-state index contributed by atoms with van der Waals surface area (Å²) < 4.78 is 0. The molecule has 0 amide bonds. The largest absolute Gasteiger partial charge is 0.307 e. The highest BCUT2D eigenvalue weighted by Crippen LogP contribution is 2.52. The zero-order valence-electron chi connectivity index (χ0n) is 9.62. The summed E-state index contributed by atoms with van der Waals surface area (Å²) in [7, 11) is 0. The van der Waals surface area contributed by atoms with Crippen molar-refractivity contribution in [3.05, 3.63) is 35.4 Å². The van der Waals surface area contributed by atoms with Gasteiger partial charge in [0.1, 0.15) is 0 Å². The molecule has 1 saturated carbocycles. The molecular formula is C14H17NO. The van der Waals surface area contributed by atoms with Gasteiger partial charge in [-0.3, -0.25) is 4.79 Å². The predicted octanol–water partition coefficient (Wildman–Crippen LogP) is 2.32. The third kappa shape index (κ3) is 1.67. The summed E-state index contributed by atoms with van der Waals surface area (Å²) in [6.45, 7) is 3.07. The van der Waals surface area contributed by atoms with Crippen LogP contribution >= 0.6 is 0 Å². The maximum Gasteiger partial charge on any atom is 0.179 e. The first-order chi connectivity index (χ1) is 7.69. The molecule has 1 spiro atoms. The Morgan fingerprint density at radius 3 is 2.88 bits per heavy atom. The zero-order chi connectivity index (χ0) is 11.2. The molecule has 1 saturated heterocycles. The Bertz CT molecular complexity index is 434. The first kappa shape index (κ1) is 10.0. The Kier molecular flexibility index (Phi) is 2.15. The van der Waals surface area contributed by atoms with Crippen LogP contribution in [0.15, 0.2) is 24.3 Å². The van der Waals surface area contributed by atoms with Gasteiger partial charge in [0.15, 0.2) is 5.78 Å². The van der Waals surface area contributed by atoms with Crippen LogP contribution in [0.3, 0.4) is 0 Å². The van der Waals surface area contributed by atoms with Crippen molar-refractivity contribution in [2.75, 3.05) is 6.54 Å². The maximum atomic E-state index is 12.3. The molecule has 2 nitrogen and oxygen atoms in total. The molecule has 16 heavy (non-hydrogen) atoms. The van der Waals surface area contributed by atoms with Crippen LogP contribution in [-0.4, -0.2) is 18.4 Å². The highest BCUT2D eigenvalue weighted by Gasteiger charge is 2.49. The zero-order valence-corrected chi connectivity index (χ0v) is 9.62. The molecule has 0 aromatic heterocycles. The Hall–Kier alpha value is -1.15. The quantitative estimate of drug-likeness (QED) is 0.767. The van der Waals surface area contributed by atoms with Gasteiger partial charge >= 0.3 is 0 Å². The molecule has 1 aliphatic carbocycles. The molecule has 1 aromatic carbocycles. The van der Waals surface area contributed by atoms with E-state index in [0.29, 0.717) is 5.41 Å². The molecule has 3 rings (SSSR count). The minimum atomic E-state index is 0.0595. The van der Waals surface area contributed by atoms with Gasteiger partial charge in [-0.05, 0) is 37.7 Å². The fourth-order valence-corrected chi connectivity index (χ4v) is 2.66. The number of benzene rings is 1. The molecule has 1 aromatic rings. The summed E-state index contributed by atoms with van der Waals surface area (Å²) in [5.74, 6) is 0.271. The van der Waals surface area contributed by atoms with Crippen LogP contribution in [0, 0.1) is 12.3 Å². The first-order valence-corrected chi connectivity index (χ1v) is 6.03. The van der Waals surface area contributed by atoms with Gasteiger partial charge in [0.25, 0.3) is 0 Å². The van der Waals surface area contributed by atoms with Gasteiger partial charge in [-0.1, -0.05) is 23.8 Å². The fourth-order valence-electron chi connectivity index (χ4n) is 2.66. The number of rotatable bonds is 2. The van der Waals surface area contributed by atoms with Crippen LogP contribution in [0.4, 0.5) is 0 Å². The van der Waals surface area contributed by atoms with E-state index in [-0.39, 0.29) is 11.8 Å². The highest BCUT2D eigenvalue weighted by atomic mass is 16.1. The molecule has 1 heterocycles. The van der Waals surface area contributed by atoms with Crippen molar-refractivity contribution in [3.8, 4) is 0 Å². The SMILES string of the molecule is Cc1cccc(C(=O)[C@@H]2CC3(CC3)CN2)c1. The van der Waals surface area contributed by atoms with E-state index in [1.165, 1.54) is 12.8 Å². The minimum Gasteiger partial charge on any atom is -0.307 e. The second kappa shape index (κ2) is 3.42. The number of carbonyl (C=O) groups excluding carboxylic acids is 1. The number of carbonyl (C=O) groups is 1. The number of nitrogens with one attached hydrogen (secondary N) is 1. The number of aryl methyl sites for hydroxylation is 1. The summed E-state index contributed by atoms with van der Waals surface area (Å²) in [5.41, 5.74) is 2.50. The standard InChI is InChI=1S/C14H17NO/c1-10-3-2-4-11(7-10)13(16)12-8-14(5-6-14)9-15-12/h2-4,7,12,15H,5-6,8-9H2,1H3/t12-/m0/s1. The van der Waals surface area contributed by atoms with Crippen LogP contribution in [0.1, 0.15) is 35.2 Å². The molecule has 0 bridgehead atoms. The summed E-state index contributed by atoms with van der Waals surface area (Å²) in [4.78, 5) is 12.3. The Morgan fingerprint density at radius 1 is 1.44 bits per heavy atom. The van der Waals surface area contributed by atoms with Crippen molar-refractivity contribution >= 4 is 5.78 Å². The molecule has 1 atom stereocenters. The van der Waals surface area contributed by atoms with E-state index in [1.54, 1.807) is 0 Å². The van der Waals surface area contributed by atoms with Gasteiger partial charge in [0.05, 0.1) is 6.04 Å². The molecule has 1 N–H and O–H groups in total. The first-order valence-electron chi connectivity index (χ1n) is 6.03. The van der Waals surface area contributed by atoms with Crippen molar-refractivity contribution in [1.82, 2.24) is 5.32 Å². The molecule has 0 unspecified atom stereocenters. The van der Waals surface area contributed by atoms with E-state index in [4.69, 9.17) is 0 Å². The molecule has 84 valence electrons. The lowest BCUT2D eigenvalue weighted by Crippen LogP contribution is -2.30. The summed E-state index contributed by atoms with van der Waals surface area (Å²) >= 11 is 0. The second-order valence-electron chi connectivity index (χ2n) is 5.37. The maximum absolute atomic E-state index is 12.3. The van der Waals surface area contributed by atoms with Crippen LogP contribution in [0.25, 0.3) is 0 Å². The third-order valence-electron chi connectivity index (χ3n) is 3.94. The van der Waals surface area contributed by atoms with Crippen molar-refractivity contribution in [2.45, 2.75) is 32.2 Å². The normalized spacial score (nSPS) is 25.9. The van der Waals surface area contributed by atoms with E-state index in [2.05, 4.69) is 5.32 Å². The van der Waals surface area contributed by atoms with Crippen molar-refractivity contribution in [3.63, 3.8) is 0 Å². The van der Waals surface area contributed by atoms with Gasteiger partial charge in [0.2, 0.25) is 0 Å². The highest BCUT2D eigenvalue weighted by molar-refractivity contribution is 6.00.